The lowest BCUT2D eigenvalue weighted by Crippen LogP contribution is -2.08. The van der Waals surface area contributed by atoms with Crippen LogP contribution in [0.15, 0.2) is 23.1 Å². The zero-order chi connectivity index (χ0) is 8.97. The van der Waals surface area contributed by atoms with Crippen LogP contribution in [0, 0.1) is 0 Å². The maximum absolute atomic E-state index is 11.1. The van der Waals surface area contributed by atoms with Gasteiger partial charge in [-0.3, -0.25) is 9.59 Å². The van der Waals surface area contributed by atoms with Crippen molar-refractivity contribution in [3.8, 4) is 0 Å². The summed E-state index contributed by atoms with van der Waals surface area (Å²) in [5.74, 6) is 0.431. The van der Waals surface area contributed by atoms with Gasteiger partial charge in [-0.15, -0.1) is 11.8 Å². The molecule has 0 aromatic rings. The molecule has 3 nitrogen and oxygen atoms in total. The molecule has 2 N–H and O–H groups in total. The first-order valence-electron chi connectivity index (χ1n) is 3.55. The Morgan fingerprint density at radius 2 is 2.08 bits per heavy atom. The Balaban J connectivity index is 2.62. The van der Waals surface area contributed by atoms with Gasteiger partial charge in [0.25, 0.3) is 0 Å². The van der Waals surface area contributed by atoms with E-state index in [1.54, 1.807) is 0 Å². The molecule has 1 aliphatic rings. The van der Waals surface area contributed by atoms with Crippen molar-refractivity contribution in [3.63, 3.8) is 0 Å². The first-order valence-corrected chi connectivity index (χ1v) is 4.53. The molecule has 0 saturated heterocycles. The molecule has 0 amide bonds. The standard InChI is InChI=1S/C8H9NO2S/c9-3-4-12-8-5-6(10)1-2-7(8)11/h1-2,5H,3-4,9H2. The lowest BCUT2D eigenvalue weighted by molar-refractivity contribution is -0.114. The number of carbonyl (C=O) groups is 2. The van der Waals surface area contributed by atoms with Gasteiger partial charge in [0.2, 0.25) is 0 Å². The van der Waals surface area contributed by atoms with Crippen LogP contribution in [0.25, 0.3) is 0 Å². The molecule has 0 fully saturated rings. The molecule has 0 heterocycles. The second kappa shape index (κ2) is 4.23. The normalized spacial score (nSPS) is 16.6. The van der Waals surface area contributed by atoms with E-state index in [2.05, 4.69) is 0 Å². The Labute approximate surface area is 74.7 Å². The van der Waals surface area contributed by atoms with Crippen LogP contribution in [0.3, 0.4) is 0 Å². The second-order valence-electron chi connectivity index (χ2n) is 2.25. The molecule has 4 heteroatoms. The molecule has 12 heavy (non-hydrogen) atoms. The van der Waals surface area contributed by atoms with Gasteiger partial charge < -0.3 is 5.73 Å². The molecule has 0 saturated carbocycles. The zero-order valence-corrected chi connectivity index (χ0v) is 7.26. The topological polar surface area (TPSA) is 60.2 Å². The number of nitrogens with two attached hydrogens (primary N) is 1. The Morgan fingerprint density at radius 1 is 1.33 bits per heavy atom. The van der Waals surface area contributed by atoms with Gasteiger partial charge in [0, 0.05) is 18.4 Å². The van der Waals surface area contributed by atoms with Crippen LogP contribution in [-0.2, 0) is 9.59 Å². The number of carbonyl (C=O) groups excluding carboxylic acids is 2. The van der Waals surface area contributed by atoms with Gasteiger partial charge in [-0.1, -0.05) is 0 Å². The summed E-state index contributed by atoms with van der Waals surface area (Å²) in [6.45, 7) is 0.507. The highest BCUT2D eigenvalue weighted by molar-refractivity contribution is 8.04. The predicted molar refractivity (Wildman–Crippen MR) is 48.7 cm³/mol. The SMILES string of the molecule is NCCSC1=CC(=O)C=CC1=O. The summed E-state index contributed by atoms with van der Waals surface area (Å²) in [5.41, 5.74) is 5.26. The van der Waals surface area contributed by atoms with E-state index in [1.807, 2.05) is 0 Å². The van der Waals surface area contributed by atoms with Crippen molar-refractivity contribution in [1.82, 2.24) is 0 Å². The van der Waals surface area contributed by atoms with Gasteiger partial charge >= 0.3 is 0 Å². The second-order valence-corrected chi connectivity index (χ2v) is 3.38. The summed E-state index contributed by atoms with van der Waals surface area (Å²) < 4.78 is 0. The molecule has 0 unspecified atom stereocenters. The van der Waals surface area contributed by atoms with E-state index in [9.17, 15) is 9.59 Å². The van der Waals surface area contributed by atoms with Gasteiger partial charge in [-0.05, 0) is 12.2 Å². The first-order chi connectivity index (χ1) is 5.74. The predicted octanol–water partition coefficient (Wildman–Crippen LogP) is 0.270. The van der Waals surface area contributed by atoms with Crippen LogP contribution in [0.2, 0.25) is 0 Å². The smallest absolute Gasteiger partial charge is 0.192 e. The Kier molecular flexibility index (Phi) is 3.25. The highest BCUT2D eigenvalue weighted by atomic mass is 32.2. The highest BCUT2D eigenvalue weighted by Gasteiger charge is 2.12. The minimum Gasteiger partial charge on any atom is -0.330 e. The van der Waals surface area contributed by atoms with E-state index in [0.29, 0.717) is 17.2 Å². The fourth-order valence-electron chi connectivity index (χ4n) is 0.770. The number of ketones is 2. The minimum atomic E-state index is -0.130. The van der Waals surface area contributed by atoms with Crippen LogP contribution >= 0.6 is 11.8 Å². The van der Waals surface area contributed by atoms with Crippen LogP contribution in [-0.4, -0.2) is 23.9 Å². The number of allylic oxidation sites excluding steroid dienone is 4. The van der Waals surface area contributed by atoms with E-state index < -0.39 is 0 Å². The molecule has 0 aromatic carbocycles. The molecule has 0 bridgehead atoms. The lowest BCUT2D eigenvalue weighted by atomic mass is 10.2. The molecular formula is C8H9NO2S. The van der Waals surface area contributed by atoms with Crippen LogP contribution in [0.1, 0.15) is 0 Å². The first kappa shape index (κ1) is 9.22. The third-order valence-corrected chi connectivity index (χ3v) is 2.36. The summed E-state index contributed by atoms with van der Waals surface area (Å²) in [6, 6.07) is 0. The summed E-state index contributed by atoms with van der Waals surface area (Å²) in [7, 11) is 0. The maximum atomic E-state index is 11.1. The number of hydrogen-bond acceptors (Lipinski definition) is 4. The average molecular weight is 183 g/mol. The Hall–Kier alpha value is -0.870. The zero-order valence-electron chi connectivity index (χ0n) is 6.45. The van der Waals surface area contributed by atoms with Gasteiger partial charge in [0.1, 0.15) is 0 Å². The largest absolute Gasteiger partial charge is 0.330 e. The van der Waals surface area contributed by atoms with Crippen LogP contribution in [0.5, 0.6) is 0 Å². The molecule has 0 radical (unpaired) electrons. The molecule has 64 valence electrons. The monoisotopic (exact) mass is 183 g/mol. The average Bonchev–Trinajstić information content (AvgIpc) is 2.07. The van der Waals surface area contributed by atoms with Gasteiger partial charge in [0.05, 0.1) is 4.91 Å². The molecule has 1 rings (SSSR count). The molecular weight excluding hydrogens is 174 g/mol. The highest BCUT2D eigenvalue weighted by Crippen LogP contribution is 2.18. The summed E-state index contributed by atoms with van der Waals surface area (Å²) in [4.78, 5) is 22.4. The van der Waals surface area contributed by atoms with Gasteiger partial charge in [-0.2, -0.15) is 0 Å². The van der Waals surface area contributed by atoms with Crippen molar-refractivity contribution in [2.24, 2.45) is 5.73 Å². The fraction of sp³-hybridized carbons (Fsp3) is 0.250. The Morgan fingerprint density at radius 3 is 2.75 bits per heavy atom. The van der Waals surface area contributed by atoms with Crippen molar-refractivity contribution >= 4 is 23.3 Å². The van der Waals surface area contributed by atoms with Crippen molar-refractivity contribution < 1.29 is 9.59 Å². The quantitative estimate of drug-likeness (QED) is 0.638. The van der Waals surface area contributed by atoms with Crippen LogP contribution in [0.4, 0.5) is 0 Å². The summed E-state index contributed by atoms with van der Waals surface area (Å²) in [6.07, 6.45) is 3.92. The molecule has 0 aliphatic heterocycles. The minimum absolute atomic E-state index is 0.104. The van der Waals surface area contributed by atoms with Gasteiger partial charge in [-0.25, -0.2) is 0 Å². The summed E-state index contributed by atoms with van der Waals surface area (Å²) in [5, 5.41) is 0. The summed E-state index contributed by atoms with van der Waals surface area (Å²) >= 11 is 1.32. The number of hydrogen-bond donors (Lipinski definition) is 1. The third kappa shape index (κ3) is 2.32. The fourth-order valence-corrected chi connectivity index (χ4v) is 1.52. The van der Waals surface area contributed by atoms with Crippen molar-refractivity contribution in [2.45, 2.75) is 0 Å². The number of rotatable bonds is 3. The van der Waals surface area contributed by atoms with E-state index >= 15 is 0 Å². The number of thioether (sulfide) groups is 1. The van der Waals surface area contributed by atoms with Crippen molar-refractivity contribution in [3.05, 3.63) is 23.1 Å². The maximum Gasteiger partial charge on any atom is 0.192 e. The third-order valence-electron chi connectivity index (χ3n) is 1.29. The lowest BCUT2D eigenvalue weighted by Gasteiger charge is -2.04. The van der Waals surface area contributed by atoms with Crippen molar-refractivity contribution in [2.75, 3.05) is 12.3 Å². The van der Waals surface area contributed by atoms with Crippen LogP contribution < -0.4 is 5.73 Å². The molecule has 1 aliphatic carbocycles. The molecule has 0 aromatic heterocycles. The van der Waals surface area contributed by atoms with E-state index in [4.69, 9.17) is 5.73 Å². The van der Waals surface area contributed by atoms with E-state index in [1.165, 1.54) is 30.0 Å². The Bertz CT molecular complexity index is 268. The van der Waals surface area contributed by atoms with Crippen molar-refractivity contribution in [1.29, 1.82) is 0 Å². The van der Waals surface area contributed by atoms with Gasteiger partial charge in [0.15, 0.2) is 11.6 Å². The van der Waals surface area contributed by atoms with E-state index in [-0.39, 0.29) is 11.6 Å². The molecule has 0 spiro atoms. The van der Waals surface area contributed by atoms with E-state index in [0.717, 1.165) is 0 Å². The molecule has 0 atom stereocenters.